The molecule has 0 atom stereocenters. The van der Waals surface area contributed by atoms with Gasteiger partial charge in [0.05, 0.1) is 20.6 Å². The lowest BCUT2D eigenvalue weighted by Crippen LogP contribution is -2.22. The third-order valence-electron chi connectivity index (χ3n) is 3.13. The van der Waals surface area contributed by atoms with Crippen LogP contribution in [0.1, 0.15) is 31.4 Å². The van der Waals surface area contributed by atoms with Gasteiger partial charge in [-0.25, -0.2) is 0 Å². The number of carboxylic acid groups (broad SMARTS) is 1. The van der Waals surface area contributed by atoms with Crippen LogP contribution in [0.15, 0.2) is 12.1 Å². The van der Waals surface area contributed by atoms with Crippen molar-refractivity contribution >= 4 is 5.97 Å². The molecule has 0 bridgehead atoms. The predicted molar refractivity (Wildman–Crippen MR) is 69.6 cm³/mol. The van der Waals surface area contributed by atoms with E-state index in [1.165, 1.54) is 0 Å². The molecule has 0 heterocycles. The van der Waals surface area contributed by atoms with Gasteiger partial charge in [0.2, 0.25) is 0 Å². The first kappa shape index (κ1) is 14.4. The Morgan fingerprint density at radius 2 is 1.67 bits per heavy atom. The van der Waals surface area contributed by atoms with Crippen molar-refractivity contribution in [2.45, 2.75) is 32.6 Å². The van der Waals surface area contributed by atoms with Crippen molar-refractivity contribution in [1.29, 1.82) is 0 Å². The first-order valence-electron chi connectivity index (χ1n) is 5.76. The van der Waals surface area contributed by atoms with Crippen LogP contribution in [-0.4, -0.2) is 25.3 Å². The second kappa shape index (κ2) is 5.29. The van der Waals surface area contributed by atoms with Gasteiger partial charge in [-0.1, -0.05) is 13.8 Å². The molecular formula is C14H20O4. The third-order valence-corrected chi connectivity index (χ3v) is 3.13. The van der Waals surface area contributed by atoms with Gasteiger partial charge < -0.3 is 14.6 Å². The molecule has 4 nitrogen and oxygen atoms in total. The van der Waals surface area contributed by atoms with E-state index in [9.17, 15) is 4.79 Å². The molecular weight excluding hydrogens is 232 g/mol. The fraction of sp³-hybridized carbons (Fsp3) is 0.500. The molecule has 1 aromatic rings. The van der Waals surface area contributed by atoms with Crippen LogP contribution >= 0.6 is 0 Å². The molecule has 0 aliphatic heterocycles. The number of carbonyl (C=O) groups is 1. The van der Waals surface area contributed by atoms with E-state index >= 15 is 0 Å². The molecule has 18 heavy (non-hydrogen) atoms. The van der Waals surface area contributed by atoms with Gasteiger partial charge in [0.1, 0.15) is 11.5 Å². The Hall–Kier alpha value is -1.71. The quantitative estimate of drug-likeness (QED) is 0.875. The van der Waals surface area contributed by atoms with E-state index in [1.54, 1.807) is 14.2 Å². The average molecular weight is 252 g/mol. The topological polar surface area (TPSA) is 55.8 Å². The molecule has 0 unspecified atom stereocenters. The number of aliphatic carboxylic acids is 1. The van der Waals surface area contributed by atoms with Crippen LogP contribution in [0, 0.1) is 6.92 Å². The fourth-order valence-corrected chi connectivity index (χ4v) is 1.96. The summed E-state index contributed by atoms with van der Waals surface area (Å²) in [6, 6.07) is 3.75. The fourth-order valence-electron chi connectivity index (χ4n) is 1.96. The van der Waals surface area contributed by atoms with E-state index in [4.69, 9.17) is 14.6 Å². The van der Waals surface area contributed by atoms with Crippen LogP contribution in [0.25, 0.3) is 0 Å². The molecule has 0 fully saturated rings. The summed E-state index contributed by atoms with van der Waals surface area (Å²) in [4.78, 5) is 10.9. The highest BCUT2D eigenvalue weighted by Gasteiger charge is 2.26. The highest BCUT2D eigenvalue weighted by Crippen LogP contribution is 2.36. The summed E-state index contributed by atoms with van der Waals surface area (Å²) in [6.07, 6.45) is 0.0579. The zero-order valence-electron chi connectivity index (χ0n) is 11.5. The highest BCUT2D eigenvalue weighted by molar-refractivity contribution is 5.69. The van der Waals surface area contributed by atoms with Crippen molar-refractivity contribution < 1.29 is 19.4 Å². The van der Waals surface area contributed by atoms with Crippen LogP contribution in [0.5, 0.6) is 11.5 Å². The van der Waals surface area contributed by atoms with Gasteiger partial charge in [-0.15, -0.1) is 0 Å². The molecule has 4 heteroatoms. The minimum atomic E-state index is -0.821. The number of benzene rings is 1. The van der Waals surface area contributed by atoms with E-state index < -0.39 is 11.4 Å². The summed E-state index contributed by atoms with van der Waals surface area (Å²) in [5.41, 5.74) is 1.33. The summed E-state index contributed by atoms with van der Waals surface area (Å²) in [5.74, 6) is 0.601. The van der Waals surface area contributed by atoms with Crippen molar-refractivity contribution in [3.8, 4) is 11.5 Å². The Kier molecular flexibility index (Phi) is 4.22. The minimum Gasteiger partial charge on any atom is -0.496 e. The first-order valence-corrected chi connectivity index (χ1v) is 5.76. The average Bonchev–Trinajstić information content (AvgIpc) is 2.27. The van der Waals surface area contributed by atoms with E-state index in [2.05, 4.69) is 0 Å². The van der Waals surface area contributed by atoms with Crippen molar-refractivity contribution in [3.05, 3.63) is 23.3 Å². The molecule has 0 aliphatic carbocycles. The Bertz CT molecular complexity index is 424. The molecule has 0 saturated heterocycles. The molecule has 0 spiro atoms. The summed E-state index contributed by atoms with van der Waals surface area (Å²) >= 11 is 0. The Morgan fingerprint density at radius 1 is 1.22 bits per heavy atom. The van der Waals surface area contributed by atoms with Crippen molar-refractivity contribution in [1.82, 2.24) is 0 Å². The number of carboxylic acids is 1. The minimum absolute atomic E-state index is 0.0579. The first-order chi connectivity index (χ1) is 8.31. The Morgan fingerprint density at radius 3 is 2.00 bits per heavy atom. The van der Waals surface area contributed by atoms with E-state index in [1.807, 2.05) is 32.9 Å². The van der Waals surface area contributed by atoms with Crippen LogP contribution in [-0.2, 0) is 10.2 Å². The molecule has 0 radical (unpaired) electrons. The zero-order chi connectivity index (χ0) is 13.9. The largest absolute Gasteiger partial charge is 0.496 e. The Labute approximate surface area is 108 Å². The van der Waals surface area contributed by atoms with Crippen LogP contribution in [0.3, 0.4) is 0 Å². The van der Waals surface area contributed by atoms with Crippen molar-refractivity contribution in [3.63, 3.8) is 0 Å². The lowest BCUT2D eigenvalue weighted by molar-refractivity contribution is -0.138. The predicted octanol–water partition coefficient (Wildman–Crippen LogP) is 2.76. The number of hydrogen-bond donors (Lipinski definition) is 1. The standard InChI is InChI=1S/C14H20O4/c1-9-11(17-4)6-10(7-12(9)18-5)14(2,3)8-13(15)16/h6-7H,8H2,1-5H3,(H,15,16). The van der Waals surface area contributed by atoms with Crippen LogP contribution < -0.4 is 9.47 Å². The molecule has 0 saturated carbocycles. The van der Waals surface area contributed by atoms with Gasteiger partial charge in [0, 0.05) is 11.0 Å². The summed E-state index contributed by atoms with van der Waals surface area (Å²) < 4.78 is 10.6. The van der Waals surface area contributed by atoms with Gasteiger partial charge in [0.25, 0.3) is 0 Å². The van der Waals surface area contributed by atoms with Gasteiger partial charge in [0.15, 0.2) is 0 Å². The maximum Gasteiger partial charge on any atom is 0.304 e. The van der Waals surface area contributed by atoms with Gasteiger partial charge in [-0.3, -0.25) is 4.79 Å². The third kappa shape index (κ3) is 2.94. The number of hydrogen-bond acceptors (Lipinski definition) is 3. The SMILES string of the molecule is COc1cc(C(C)(C)CC(=O)O)cc(OC)c1C. The smallest absolute Gasteiger partial charge is 0.304 e. The number of methoxy groups -OCH3 is 2. The second-order valence-corrected chi connectivity index (χ2v) is 4.96. The Balaban J connectivity index is 3.28. The lowest BCUT2D eigenvalue weighted by atomic mass is 9.81. The molecule has 0 aliphatic rings. The summed E-state index contributed by atoms with van der Waals surface area (Å²) in [5, 5.41) is 8.96. The zero-order valence-corrected chi connectivity index (χ0v) is 11.5. The van der Waals surface area contributed by atoms with E-state index in [0.29, 0.717) is 11.5 Å². The van der Waals surface area contributed by atoms with Crippen LogP contribution in [0.4, 0.5) is 0 Å². The van der Waals surface area contributed by atoms with Gasteiger partial charge in [-0.05, 0) is 24.6 Å². The van der Waals surface area contributed by atoms with Crippen molar-refractivity contribution in [2.75, 3.05) is 14.2 Å². The maximum atomic E-state index is 10.9. The van der Waals surface area contributed by atoms with E-state index in [0.717, 1.165) is 11.1 Å². The molecule has 100 valence electrons. The van der Waals surface area contributed by atoms with E-state index in [-0.39, 0.29) is 6.42 Å². The second-order valence-electron chi connectivity index (χ2n) is 4.96. The normalized spacial score (nSPS) is 11.2. The van der Waals surface area contributed by atoms with Gasteiger partial charge in [-0.2, -0.15) is 0 Å². The highest BCUT2D eigenvalue weighted by atomic mass is 16.5. The molecule has 1 rings (SSSR count). The van der Waals surface area contributed by atoms with Crippen LogP contribution in [0.2, 0.25) is 0 Å². The lowest BCUT2D eigenvalue weighted by Gasteiger charge is -2.25. The summed E-state index contributed by atoms with van der Waals surface area (Å²) in [6.45, 7) is 5.70. The van der Waals surface area contributed by atoms with Crippen molar-refractivity contribution in [2.24, 2.45) is 0 Å². The molecule has 0 amide bonds. The number of ether oxygens (including phenoxy) is 2. The van der Waals surface area contributed by atoms with Gasteiger partial charge >= 0.3 is 5.97 Å². The summed E-state index contributed by atoms with van der Waals surface area (Å²) in [7, 11) is 3.19. The molecule has 1 aromatic carbocycles. The maximum absolute atomic E-state index is 10.9. The molecule has 0 aromatic heterocycles. The monoisotopic (exact) mass is 252 g/mol. The molecule has 1 N–H and O–H groups in total. The number of rotatable bonds is 5.